The highest BCUT2D eigenvalue weighted by atomic mass is 32.2. The first-order valence-corrected chi connectivity index (χ1v) is 10.2. The van der Waals surface area contributed by atoms with Crippen molar-refractivity contribution in [1.29, 1.82) is 0 Å². The predicted molar refractivity (Wildman–Crippen MR) is 114 cm³/mol. The molecule has 0 saturated carbocycles. The molecule has 4 rings (SSSR count). The second kappa shape index (κ2) is 7.44. The molecule has 2 unspecified atom stereocenters. The lowest BCUT2D eigenvalue weighted by atomic mass is 10.1. The van der Waals surface area contributed by atoms with E-state index in [0.717, 1.165) is 28.8 Å². The van der Waals surface area contributed by atoms with Crippen LogP contribution in [-0.4, -0.2) is 30.1 Å². The summed E-state index contributed by atoms with van der Waals surface area (Å²) in [4.78, 5) is 0. The topological polar surface area (TPSA) is 77.3 Å². The summed E-state index contributed by atoms with van der Waals surface area (Å²) in [5.74, 6) is 0.754. The third kappa shape index (κ3) is 3.57. The number of aromatic nitrogens is 4. The molecule has 0 amide bonds. The van der Waals surface area contributed by atoms with Crippen LogP contribution < -0.4 is 10.7 Å². The van der Waals surface area contributed by atoms with Crippen molar-refractivity contribution in [3.63, 3.8) is 0 Å². The van der Waals surface area contributed by atoms with E-state index < -0.39 is 0 Å². The van der Waals surface area contributed by atoms with Crippen LogP contribution in [0.15, 0.2) is 47.7 Å². The maximum Gasteiger partial charge on any atom is 0.173 e. The minimum atomic E-state index is -0.295. The van der Waals surface area contributed by atoms with Gasteiger partial charge in [0, 0.05) is 18.0 Å². The smallest absolute Gasteiger partial charge is 0.173 e. The third-order valence-electron chi connectivity index (χ3n) is 4.91. The summed E-state index contributed by atoms with van der Waals surface area (Å²) in [6.07, 6.45) is 1.97. The first kappa shape index (κ1) is 18.8. The molecule has 8 heteroatoms. The van der Waals surface area contributed by atoms with Crippen LogP contribution in [0.5, 0.6) is 0 Å². The van der Waals surface area contributed by atoms with Gasteiger partial charge in [0.2, 0.25) is 0 Å². The molecule has 0 radical (unpaired) electrons. The van der Waals surface area contributed by atoms with Crippen molar-refractivity contribution in [2.45, 2.75) is 45.8 Å². The second-order valence-corrected chi connectivity index (χ2v) is 8.27. The lowest BCUT2D eigenvalue weighted by molar-refractivity contribution is 0.591. The standard InChI is InChI=1S/C20H25N7S/c1-13-7-5-6-8-17(13)12-25-10-9-18(23-25)27-20(21)28-19(24-27)16(4)26-15(3)11-14(2)22-26/h5-11,16,20H,12,21H2,1-4H3. The Morgan fingerprint density at radius 2 is 1.93 bits per heavy atom. The Morgan fingerprint density at radius 3 is 2.64 bits per heavy atom. The van der Waals surface area contributed by atoms with Gasteiger partial charge in [0.1, 0.15) is 5.04 Å². The number of hydrogen-bond acceptors (Lipinski definition) is 6. The summed E-state index contributed by atoms with van der Waals surface area (Å²) >= 11 is 1.55. The highest BCUT2D eigenvalue weighted by Crippen LogP contribution is 2.32. The van der Waals surface area contributed by atoms with Gasteiger partial charge in [-0.3, -0.25) is 9.36 Å². The average molecular weight is 396 g/mol. The SMILES string of the molecule is Cc1cc(C)n(C(C)C2=NN(c3ccn(Cc4ccccc4C)n3)C(N)S2)n1. The van der Waals surface area contributed by atoms with E-state index in [-0.39, 0.29) is 11.5 Å². The lowest BCUT2D eigenvalue weighted by Crippen LogP contribution is -2.32. The van der Waals surface area contributed by atoms with E-state index in [9.17, 15) is 0 Å². The van der Waals surface area contributed by atoms with Crippen molar-refractivity contribution in [3.8, 4) is 0 Å². The fourth-order valence-corrected chi connectivity index (χ4v) is 4.32. The van der Waals surface area contributed by atoms with Crippen molar-refractivity contribution in [3.05, 3.63) is 65.1 Å². The molecule has 0 fully saturated rings. The normalized spacial score (nSPS) is 17.8. The zero-order valence-electron chi connectivity index (χ0n) is 16.6. The molecular formula is C20H25N7S. The number of hydrazone groups is 1. The predicted octanol–water partition coefficient (Wildman–Crippen LogP) is 3.42. The zero-order chi connectivity index (χ0) is 19.8. The van der Waals surface area contributed by atoms with E-state index in [1.807, 2.05) is 34.6 Å². The summed E-state index contributed by atoms with van der Waals surface area (Å²) in [6.45, 7) is 8.99. The molecular weight excluding hydrogens is 370 g/mol. The number of aryl methyl sites for hydroxylation is 3. The molecule has 7 nitrogen and oxygen atoms in total. The molecule has 146 valence electrons. The number of nitrogens with two attached hydrogens (primary N) is 1. The van der Waals surface area contributed by atoms with Crippen molar-refractivity contribution in [2.24, 2.45) is 10.8 Å². The molecule has 0 spiro atoms. The van der Waals surface area contributed by atoms with Gasteiger partial charge in [-0.25, -0.2) is 5.01 Å². The first-order chi connectivity index (χ1) is 13.4. The van der Waals surface area contributed by atoms with Crippen LogP contribution in [0.4, 0.5) is 5.82 Å². The molecule has 2 atom stereocenters. The van der Waals surface area contributed by atoms with Crippen LogP contribution in [0.3, 0.4) is 0 Å². The minimum absolute atomic E-state index is 0.0313. The van der Waals surface area contributed by atoms with E-state index in [2.05, 4.69) is 55.2 Å². The van der Waals surface area contributed by atoms with Crippen molar-refractivity contribution in [1.82, 2.24) is 19.6 Å². The van der Waals surface area contributed by atoms with Crippen LogP contribution in [-0.2, 0) is 6.54 Å². The van der Waals surface area contributed by atoms with Crippen LogP contribution in [0.1, 0.15) is 35.5 Å². The van der Waals surface area contributed by atoms with Gasteiger partial charge in [-0.1, -0.05) is 36.0 Å². The summed E-state index contributed by atoms with van der Waals surface area (Å²) < 4.78 is 3.92. The quantitative estimate of drug-likeness (QED) is 0.716. The van der Waals surface area contributed by atoms with E-state index in [4.69, 9.17) is 10.8 Å². The number of hydrogen-bond donors (Lipinski definition) is 1. The van der Waals surface area contributed by atoms with Gasteiger partial charge in [-0.05, 0) is 44.9 Å². The molecule has 1 aromatic carbocycles. The van der Waals surface area contributed by atoms with Gasteiger partial charge in [0.25, 0.3) is 0 Å². The molecule has 3 aromatic rings. The van der Waals surface area contributed by atoms with E-state index >= 15 is 0 Å². The summed E-state index contributed by atoms with van der Waals surface area (Å²) in [5.41, 5.74) is 10.7. The number of nitrogens with zero attached hydrogens (tertiary/aromatic N) is 6. The zero-order valence-corrected chi connectivity index (χ0v) is 17.4. The third-order valence-corrected chi connectivity index (χ3v) is 6.02. The molecule has 1 aliphatic heterocycles. The van der Waals surface area contributed by atoms with Crippen molar-refractivity contribution >= 4 is 22.6 Å². The molecule has 28 heavy (non-hydrogen) atoms. The molecule has 2 N–H and O–H groups in total. The van der Waals surface area contributed by atoms with Gasteiger partial charge < -0.3 is 5.73 Å². The number of anilines is 1. The Morgan fingerprint density at radius 1 is 1.14 bits per heavy atom. The van der Waals surface area contributed by atoms with E-state index in [1.54, 1.807) is 16.8 Å². The molecule has 2 aromatic heterocycles. The second-order valence-electron chi connectivity index (χ2n) is 7.14. The lowest BCUT2D eigenvalue weighted by Gasteiger charge is -2.15. The first-order valence-electron chi connectivity index (χ1n) is 9.33. The fourth-order valence-electron chi connectivity index (χ4n) is 3.39. The van der Waals surface area contributed by atoms with Gasteiger partial charge in [0.15, 0.2) is 11.3 Å². The van der Waals surface area contributed by atoms with Gasteiger partial charge in [-0.15, -0.1) is 0 Å². The Hall–Kier alpha value is -2.58. The Bertz CT molecular complexity index is 1020. The molecule has 0 bridgehead atoms. The maximum atomic E-state index is 6.34. The van der Waals surface area contributed by atoms with E-state index in [1.165, 1.54) is 11.1 Å². The van der Waals surface area contributed by atoms with Gasteiger partial charge in [0.05, 0.1) is 18.3 Å². The highest BCUT2D eigenvalue weighted by molar-refractivity contribution is 8.14. The largest absolute Gasteiger partial charge is 0.301 e. The Labute approximate surface area is 169 Å². The summed E-state index contributed by atoms with van der Waals surface area (Å²) in [5, 5.41) is 16.7. The molecule has 0 saturated heterocycles. The van der Waals surface area contributed by atoms with Crippen LogP contribution in [0.25, 0.3) is 0 Å². The minimum Gasteiger partial charge on any atom is -0.301 e. The average Bonchev–Trinajstić information content (AvgIpc) is 3.35. The van der Waals surface area contributed by atoms with Crippen molar-refractivity contribution < 1.29 is 0 Å². The monoisotopic (exact) mass is 395 g/mol. The Balaban J connectivity index is 1.54. The van der Waals surface area contributed by atoms with Crippen molar-refractivity contribution in [2.75, 3.05) is 5.01 Å². The van der Waals surface area contributed by atoms with E-state index in [0.29, 0.717) is 0 Å². The van der Waals surface area contributed by atoms with Crippen LogP contribution in [0.2, 0.25) is 0 Å². The molecule has 0 aliphatic carbocycles. The molecule has 1 aliphatic rings. The number of thioether (sulfide) groups is 1. The summed E-state index contributed by atoms with van der Waals surface area (Å²) in [7, 11) is 0. The van der Waals surface area contributed by atoms with Gasteiger partial charge >= 0.3 is 0 Å². The highest BCUT2D eigenvalue weighted by Gasteiger charge is 2.31. The number of rotatable bonds is 5. The molecule has 3 heterocycles. The van der Waals surface area contributed by atoms with Crippen LogP contribution >= 0.6 is 11.8 Å². The van der Waals surface area contributed by atoms with Gasteiger partial charge in [-0.2, -0.15) is 15.3 Å². The number of benzene rings is 1. The summed E-state index contributed by atoms with van der Waals surface area (Å²) in [6, 6.07) is 12.4. The fraction of sp³-hybridized carbons (Fsp3) is 0.350. The maximum absolute atomic E-state index is 6.34. The van der Waals surface area contributed by atoms with Crippen LogP contribution in [0, 0.1) is 20.8 Å². The Kier molecular flexibility index (Phi) is 4.99.